The second kappa shape index (κ2) is 9.09. The second-order valence-electron chi connectivity index (χ2n) is 6.46. The number of ether oxygens (including phenoxy) is 2. The molecule has 0 aliphatic carbocycles. The molecule has 0 aromatic heterocycles. The van der Waals surface area contributed by atoms with Crippen LogP contribution in [0.15, 0.2) is 46.4 Å². The molecule has 0 N–H and O–H groups in total. The van der Waals surface area contributed by atoms with Crippen molar-refractivity contribution in [3.63, 3.8) is 0 Å². The largest absolute Gasteiger partial charge is 0.493 e. The van der Waals surface area contributed by atoms with E-state index in [4.69, 9.17) is 13.7 Å². The highest BCUT2D eigenvalue weighted by Gasteiger charge is 2.23. The molecule has 2 aromatic rings. The third-order valence-electron chi connectivity index (χ3n) is 4.41. The number of rotatable bonds is 7. The summed E-state index contributed by atoms with van der Waals surface area (Å²) in [6, 6.07) is 8.26. The van der Waals surface area contributed by atoms with E-state index in [0.717, 1.165) is 6.07 Å². The Bertz CT molecular complexity index is 1060. The van der Waals surface area contributed by atoms with Crippen LogP contribution in [0.2, 0.25) is 0 Å². The van der Waals surface area contributed by atoms with Crippen LogP contribution in [0, 0.1) is 17.0 Å². The van der Waals surface area contributed by atoms with Crippen molar-refractivity contribution in [1.29, 1.82) is 0 Å². The molecule has 2 aromatic carbocycles. The van der Waals surface area contributed by atoms with E-state index in [0.29, 0.717) is 37.4 Å². The summed E-state index contributed by atoms with van der Waals surface area (Å²) < 4.78 is 41.0. The molecule has 0 saturated carbocycles. The number of hydrazone groups is 1. The minimum Gasteiger partial charge on any atom is -0.493 e. The van der Waals surface area contributed by atoms with Crippen molar-refractivity contribution < 1.29 is 27.0 Å². The summed E-state index contributed by atoms with van der Waals surface area (Å²) in [5.41, 5.74) is 0.732. The Morgan fingerprint density at radius 3 is 2.57 bits per heavy atom. The van der Waals surface area contributed by atoms with Gasteiger partial charge in [0.1, 0.15) is 4.90 Å². The van der Waals surface area contributed by atoms with Crippen LogP contribution in [-0.2, 0) is 14.9 Å². The van der Waals surface area contributed by atoms with Crippen molar-refractivity contribution in [1.82, 2.24) is 5.01 Å². The zero-order valence-corrected chi connectivity index (χ0v) is 17.3. The summed E-state index contributed by atoms with van der Waals surface area (Å²) in [4.78, 5) is 10.1. The van der Waals surface area contributed by atoms with E-state index < -0.39 is 15.0 Å². The summed E-state index contributed by atoms with van der Waals surface area (Å²) in [6.07, 6.45) is 1.63. The van der Waals surface area contributed by atoms with Crippen LogP contribution in [0.4, 0.5) is 5.69 Å². The molecular weight excluding hydrogens is 414 g/mol. The zero-order valence-electron chi connectivity index (χ0n) is 16.5. The van der Waals surface area contributed by atoms with E-state index in [1.165, 1.54) is 32.2 Å². The lowest BCUT2D eigenvalue weighted by Gasteiger charge is -2.23. The Morgan fingerprint density at radius 1 is 1.17 bits per heavy atom. The van der Waals surface area contributed by atoms with Gasteiger partial charge < -0.3 is 13.7 Å². The van der Waals surface area contributed by atoms with Gasteiger partial charge in [-0.3, -0.25) is 15.1 Å². The minimum atomic E-state index is -4.30. The number of nitro groups is 1. The molecule has 160 valence electrons. The topological polar surface area (TPSA) is 121 Å². The van der Waals surface area contributed by atoms with E-state index in [1.54, 1.807) is 18.3 Å². The van der Waals surface area contributed by atoms with Crippen LogP contribution in [0.1, 0.15) is 11.1 Å². The number of hydrogen-bond donors (Lipinski definition) is 0. The molecule has 0 amide bonds. The van der Waals surface area contributed by atoms with Gasteiger partial charge >= 0.3 is 10.1 Å². The molecular formula is C19H21N3O7S. The maximum absolute atomic E-state index is 12.6. The average molecular weight is 435 g/mol. The molecule has 0 spiro atoms. The summed E-state index contributed by atoms with van der Waals surface area (Å²) in [5, 5.41) is 17.3. The number of aryl methyl sites for hydroxylation is 1. The molecule has 10 nitrogen and oxygen atoms in total. The molecule has 1 aliphatic rings. The maximum Gasteiger partial charge on any atom is 0.339 e. The summed E-state index contributed by atoms with van der Waals surface area (Å²) in [5.74, 6) is 0.148. The van der Waals surface area contributed by atoms with Crippen molar-refractivity contribution in [2.24, 2.45) is 5.10 Å². The van der Waals surface area contributed by atoms with Gasteiger partial charge in [-0.15, -0.1) is 0 Å². The van der Waals surface area contributed by atoms with E-state index >= 15 is 0 Å². The molecule has 0 unspecified atom stereocenters. The molecule has 0 radical (unpaired) electrons. The predicted octanol–water partition coefficient (Wildman–Crippen LogP) is 2.35. The normalized spacial score (nSPS) is 14.7. The minimum absolute atomic E-state index is 0.0377. The van der Waals surface area contributed by atoms with Crippen molar-refractivity contribution in [3.05, 3.63) is 57.6 Å². The second-order valence-corrected chi connectivity index (χ2v) is 8.01. The zero-order chi connectivity index (χ0) is 21.7. The van der Waals surface area contributed by atoms with Gasteiger partial charge in [0.05, 0.1) is 44.6 Å². The molecule has 3 rings (SSSR count). The van der Waals surface area contributed by atoms with Gasteiger partial charge in [-0.1, -0.05) is 6.07 Å². The van der Waals surface area contributed by atoms with Crippen LogP contribution in [0.5, 0.6) is 11.5 Å². The SMILES string of the molecule is COc1cc(C=NN2CCOCC2)ccc1OS(=O)(=O)c1ccc(C)c([N+](=O)[O-])c1. The van der Waals surface area contributed by atoms with Gasteiger partial charge in [-0.2, -0.15) is 13.5 Å². The standard InChI is InChI=1S/C19H21N3O7S/c1-14-3-5-16(12-17(14)22(23)24)30(25,26)29-18-6-4-15(11-19(18)27-2)13-20-21-7-9-28-10-8-21/h3-6,11-13H,7-10H2,1-2H3. The van der Waals surface area contributed by atoms with E-state index in [2.05, 4.69) is 5.10 Å². The number of methoxy groups -OCH3 is 1. The van der Waals surface area contributed by atoms with Crippen LogP contribution >= 0.6 is 0 Å². The highest BCUT2D eigenvalue weighted by atomic mass is 32.2. The van der Waals surface area contributed by atoms with Gasteiger partial charge in [0, 0.05) is 11.6 Å². The van der Waals surface area contributed by atoms with Gasteiger partial charge in [-0.05, 0) is 36.8 Å². The van der Waals surface area contributed by atoms with Crippen molar-refractivity contribution in [2.45, 2.75) is 11.8 Å². The lowest BCUT2D eigenvalue weighted by Crippen LogP contribution is -2.32. The molecule has 0 atom stereocenters. The Balaban J connectivity index is 1.82. The van der Waals surface area contributed by atoms with E-state index in [-0.39, 0.29) is 22.1 Å². The summed E-state index contributed by atoms with van der Waals surface area (Å²) in [7, 11) is -2.92. The lowest BCUT2D eigenvalue weighted by atomic mass is 10.2. The third kappa shape index (κ3) is 5.05. The highest BCUT2D eigenvalue weighted by molar-refractivity contribution is 7.87. The fourth-order valence-corrected chi connectivity index (χ4v) is 3.72. The Kier molecular flexibility index (Phi) is 6.53. The monoisotopic (exact) mass is 435 g/mol. The first kappa shape index (κ1) is 21.5. The molecule has 30 heavy (non-hydrogen) atoms. The summed E-state index contributed by atoms with van der Waals surface area (Å²) in [6.45, 7) is 4.13. The van der Waals surface area contributed by atoms with Crippen LogP contribution in [0.3, 0.4) is 0 Å². The Morgan fingerprint density at radius 2 is 1.90 bits per heavy atom. The lowest BCUT2D eigenvalue weighted by molar-refractivity contribution is -0.385. The average Bonchev–Trinajstić information content (AvgIpc) is 2.73. The number of nitrogens with zero attached hydrogens (tertiary/aromatic N) is 3. The fourth-order valence-electron chi connectivity index (χ4n) is 2.76. The van der Waals surface area contributed by atoms with Gasteiger partial charge in [0.15, 0.2) is 11.5 Å². The van der Waals surface area contributed by atoms with Crippen LogP contribution < -0.4 is 8.92 Å². The van der Waals surface area contributed by atoms with Gasteiger partial charge in [0.25, 0.3) is 5.69 Å². The number of benzene rings is 2. The first-order valence-electron chi connectivity index (χ1n) is 9.04. The van der Waals surface area contributed by atoms with Crippen molar-refractivity contribution in [2.75, 3.05) is 33.4 Å². The number of morpholine rings is 1. The maximum atomic E-state index is 12.6. The summed E-state index contributed by atoms with van der Waals surface area (Å²) >= 11 is 0. The number of hydrogen-bond acceptors (Lipinski definition) is 9. The van der Waals surface area contributed by atoms with E-state index in [1.807, 2.05) is 5.01 Å². The Hall–Kier alpha value is -3.18. The van der Waals surface area contributed by atoms with E-state index in [9.17, 15) is 18.5 Å². The van der Waals surface area contributed by atoms with Gasteiger partial charge in [-0.25, -0.2) is 0 Å². The predicted molar refractivity (Wildman–Crippen MR) is 109 cm³/mol. The molecule has 11 heteroatoms. The molecule has 1 fully saturated rings. The third-order valence-corrected chi connectivity index (χ3v) is 5.64. The molecule has 0 bridgehead atoms. The van der Waals surface area contributed by atoms with Crippen LogP contribution in [0.25, 0.3) is 0 Å². The van der Waals surface area contributed by atoms with Crippen molar-refractivity contribution in [3.8, 4) is 11.5 Å². The number of nitro benzene ring substituents is 1. The quantitative estimate of drug-likeness (QED) is 0.281. The Labute approximate surface area is 173 Å². The molecule has 1 saturated heterocycles. The highest BCUT2D eigenvalue weighted by Crippen LogP contribution is 2.31. The van der Waals surface area contributed by atoms with Crippen LogP contribution in [-0.4, -0.2) is 58.0 Å². The fraction of sp³-hybridized carbons (Fsp3) is 0.316. The molecule has 1 heterocycles. The smallest absolute Gasteiger partial charge is 0.339 e. The first-order chi connectivity index (χ1) is 14.3. The van der Waals surface area contributed by atoms with Gasteiger partial charge in [0.2, 0.25) is 0 Å². The first-order valence-corrected chi connectivity index (χ1v) is 10.5. The van der Waals surface area contributed by atoms with Crippen molar-refractivity contribution >= 4 is 22.0 Å². The molecule has 1 aliphatic heterocycles.